The van der Waals surface area contributed by atoms with Crippen LogP contribution in [0, 0.1) is 0 Å². The Hall–Kier alpha value is -1.16. The van der Waals surface area contributed by atoms with E-state index in [2.05, 4.69) is 6.07 Å². The van der Waals surface area contributed by atoms with Crippen LogP contribution in [0.4, 0.5) is 0 Å². The summed E-state index contributed by atoms with van der Waals surface area (Å²) in [4.78, 5) is 1.16. The Balaban J connectivity index is 2.13. The summed E-state index contributed by atoms with van der Waals surface area (Å²) in [5.41, 5.74) is 7.95. The molecule has 0 aliphatic rings. The minimum Gasteiger partial charge on any atom is -0.489 e. The maximum absolute atomic E-state index is 5.86. The number of benzene rings is 2. The minimum absolute atomic E-state index is 0.479. The number of nitrogens with two attached hydrogens (primary N) is 1. The fourth-order valence-corrected chi connectivity index (χ4v) is 2.59. The molecule has 100 valence electrons. The van der Waals surface area contributed by atoms with Gasteiger partial charge in [-0.25, -0.2) is 0 Å². The molecule has 2 N–H and O–H groups in total. The van der Waals surface area contributed by atoms with E-state index in [1.165, 1.54) is 0 Å². The van der Waals surface area contributed by atoms with Crippen molar-refractivity contribution in [2.75, 3.05) is 6.26 Å². The van der Waals surface area contributed by atoms with Crippen molar-refractivity contribution in [3.05, 3.63) is 58.6 Å². The topological polar surface area (TPSA) is 35.2 Å². The van der Waals surface area contributed by atoms with Crippen molar-refractivity contribution < 1.29 is 4.74 Å². The lowest BCUT2D eigenvalue weighted by Gasteiger charge is -2.13. The largest absolute Gasteiger partial charge is 0.489 e. The first-order chi connectivity index (χ1) is 9.24. The highest BCUT2D eigenvalue weighted by atomic mass is 35.5. The van der Waals surface area contributed by atoms with E-state index < -0.39 is 0 Å². The van der Waals surface area contributed by atoms with Gasteiger partial charge in [-0.2, -0.15) is 0 Å². The zero-order valence-electron chi connectivity index (χ0n) is 10.7. The molecule has 0 aromatic heterocycles. The van der Waals surface area contributed by atoms with Crippen molar-refractivity contribution in [3.63, 3.8) is 0 Å². The van der Waals surface area contributed by atoms with E-state index in [-0.39, 0.29) is 0 Å². The summed E-state index contributed by atoms with van der Waals surface area (Å²) in [5, 5.41) is 0.732. The zero-order valence-corrected chi connectivity index (χ0v) is 12.3. The lowest BCUT2D eigenvalue weighted by atomic mass is 10.2. The summed E-state index contributed by atoms with van der Waals surface area (Å²) < 4.78 is 5.86. The average molecular weight is 294 g/mol. The van der Waals surface area contributed by atoms with Crippen LogP contribution in [0.5, 0.6) is 5.75 Å². The van der Waals surface area contributed by atoms with Gasteiger partial charge in [0.1, 0.15) is 12.4 Å². The van der Waals surface area contributed by atoms with Crippen LogP contribution >= 0.6 is 23.4 Å². The van der Waals surface area contributed by atoms with Crippen molar-refractivity contribution in [3.8, 4) is 5.75 Å². The third-order valence-electron chi connectivity index (χ3n) is 2.82. The number of thioether (sulfide) groups is 1. The van der Waals surface area contributed by atoms with Crippen molar-refractivity contribution in [1.82, 2.24) is 0 Å². The highest BCUT2D eigenvalue weighted by Crippen LogP contribution is 2.29. The van der Waals surface area contributed by atoms with E-state index in [9.17, 15) is 0 Å². The van der Waals surface area contributed by atoms with E-state index >= 15 is 0 Å². The van der Waals surface area contributed by atoms with Crippen LogP contribution in [0.2, 0.25) is 5.02 Å². The summed E-state index contributed by atoms with van der Waals surface area (Å²) >= 11 is 7.54. The second kappa shape index (κ2) is 6.85. The van der Waals surface area contributed by atoms with Crippen LogP contribution in [-0.4, -0.2) is 6.26 Å². The average Bonchev–Trinajstić information content (AvgIpc) is 2.46. The summed E-state index contributed by atoms with van der Waals surface area (Å²) in [5.74, 6) is 0.851. The van der Waals surface area contributed by atoms with Crippen LogP contribution in [0.1, 0.15) is 11.1 Å². The predicted octanol–water partition coefficient (Wildman–Crippen LogP) is 4.10. The molecule has 2 aromatic carbocycles. The van der Waals surface area contributed by atoms with E-state index in [1.807, 2.05) is 42.7 Å². The van der Waals surface area contributed by atoms with Gasteiger partial charge in [0.05, 0.1) is 0 Å². The SMILES string of the molecule is CSc1cccc(OCc2ccc(Cl)cc2)c1CN. The van der Waals surface area contributed by atoms with E-state index in [0.717, 1.165) is 26.8 Å². The van der Waals surface area contributed by atoms with Gasteiger partial charge in [0.25, 0.3) is 0 Å². The highest BCUT2D eigenvalue weighted by Gasteiger charge is 2.07. The van der Waals surface area contributed by atoms with E-state index in [4.69, 9.17) is 22.1 Å². The van der Waals surface area contributed by atoms with Gasteiger partial charge < -0.3 is 10.5 Å². The Morgan fingerprint density at radius 3 is 2.53 bits per heavy atom. The third-order valence-corrected chi connectivity index (χ3v) is 3.90. The molecule has 2 aromatic rings. The summed E-state index contributed by atoms with van der Waals surface area (Å²) in [7, 11) is 0. The van der Waals surface area contributed by atoms with Gasteiger partial charge in [-0.15, -0.1) is 11.8 Å². The predicted molar refractivity (Wildman–Crippen MR) is 81.9 cm³/mol. The molecular formula is C15H16ClNOS. The molecule has 4 heteroatoms. The maximum Gasteiger partial charge on any atom is 0.125 e. The fraction of sp³-hybridized carbons (Fsp3) is 0.200. The molecule has 0 aliphatic carbocycles. The molecule has 2 nitrogen and oxygen atoms in total. The third kappa shape index (κ3) is 3.66. The first kappa shape index (κ1) is 14.3. The molecule has 19 heavy (non-hydrogen) atoms. The molecule has 0 radical (unpaired) electrons. The van der Waals surface area contributed by atoms with Crippen LogP contribution in [0.15, 0.2) is 47.4 Å². The van der Waals surface area contributed by atoms with Gasteiger partial charge in [-0.05, 0) is 36.1 Å². The molecule has 0 atom stereocenters. The monoisotopic (exact) mass is 293 g/mol. The Bertz CT molecular complexity index is 542. The molecule has 0 bridgehead atoms. The standard InChI is InChI=1S/C15H16ClNOS/c1-19-15-4-2-3-14(13(15)9-17)18-10-11-5-7-12(16)8-6-11/h2-8H,9-10,17H2,1H3. The number of hydrogen-bond acceptors (Lipinski definition) is 3. The summed E-state index contributed by atoms with van der Waals surface area (Å²) in [6, 6.07) is 13.7. The van der Waals surface area contributed by atoms with Crippen molar-refractivity contribution in [2.24, 2.45) is 5.73 Å². The van der Waals surface area contributed by atoms with Gasteiger partial charge in [0.2, 0.25) is 0 Å². The zero-order chi connectivity index (χ0) is 13.7. The smallest absolute Gasteiger partial charge is 0.125 e. The number of ether oxygens (including phenoxy) is 1. The van der Waals surface area contributed by atoms with Crippen LogP contribution < -0.4 is 10.5 Å². The van der Waals surface area contributed by atoms with Gasteiger partial charge in [-0.1, -0.05) is 29.8 Å². The van der Waals surface area contributed by atoms with Crippen molar-refractivity contribution in [2.45, 2.75) is 18.0 Å². The second-order valence-electron chi connectivity index (χ2n) is 4.06. The Kier molecular flexibility index (Phi) is 5.14. The normalized spacial score (nSPS) is 10.5. The minimum atomic E-state index is 0.479. The molecule has 0 aliphatic heterocycles. The lowest BCUT2D eigenvalue weighted by molar-refractivity contribution is 0.302. The molecule has 0 spiro atoms. The molecule has 0 saturated carbocycles. The van der Waals surface area contributed by atoms with Gasteiger partial charge in [0, 0.05) is 22.0 Å². The molecule has 0 saturated heterocycles. The first-order valence-corrected chi connectivity index (χ1v) is 7.58. The molecular weight excluding hydrogens is 278 g/mol. The summed E-state index contributed by atoms with van der Waals surface area (Å²) in [6.07, 6.45) is 2.04. The van der Waals surface area contributed by atoms with Crippen LogP contribution in [-0.2, 0) is 13.2 Å². The quantitative estimate of drug-likeness (QED) is 0.843. The number of hydrogen-bond donors (Lipinski definition) is 1. The van der Waals surface area contributed by atoms with Gasteiger partial charge in [-0.3, -0.25) is 0 Å². The fourth-order valence-electron chi connectivity index (χ4n) is 1.81. The Morgan fingerprint density at radius 1 is 1.16 bits per heavy atom. The van der Waals surface area contributed by atoms with Crippen LogP contribution in [0.25, 0.3) is 0 Å². The highest BCUT2D eigenvalue weighted by molar-refractivity contribution is 7.98. The molecule has 0 heterocycles. The molecule has 2 rings (SSSR count). The van der Waals surface area contributed by atoms with Crippen molar-refractivity contribution in [1.29, 1.82) is 0 Å². The summed E-state index contributed by atoms with van der Waals surface area (Å²) in [6.45, 7) is 0.995. The van der Waals surface area contributed by atoms with Gasteiger partial charge in [0.15, 0.2) is 0 Å². The van der Waals surface area contributed by atoms with Gasteiger partial charge >= 0.3 is 0 Å². The van der Waals surface area contributed by atoms with Crippen molar-refractivity contribution >= 4 is 23.4 Å². The first-order valence-electron chi connectivity index (χ1n) is 5.97. The Morgan fingerprint density at radius 2 is 1.89 bits per heavy atom. The maximum atomic E-state index is 5.86. The van der Waals surface area contributed by atoms with E-state index in [0.29, 0.717) is 13.2 Å². The lowest BCUT2D eigenvalue weighted by Crippen LogP contribution is -2.04. The Labute approximate surface area is 122 Å². The molecule has 0 fully saturated rings. The second-order valence-corrected chi connectivity index (χ2v) is 5.34. The number of rotatable bonds is 5. The molecule has 0 amide bonds. The number of halogens is 1. The molecule has 0 unspecified atom stereocenters. The van der Waals surface area contributed by atoms with E-state index in [1.54, 1.807) is 11.8 Å². The van der Waals surface area contributed by atoms with Crippen LogP contribution in [0.3, 0.4) is 0 Å².